The Balaban J connectivity index is 1.31. The molecular formula is C24H23N3O4. The molecule has 1 fully saturated rings. The molecule has 0 saturated heterocycles. The average Bonchev–Trinajstić information content (AvgIpc) is 3.48. The number of hydrogen-bond acceptors (Lipinski definition) is 4. The van der Waals surface area contributed by atoms with Crippen LogP contribution in [0.2, 0.25) is 0 Å². The second-order valence-corrected chi connectivity index (χ2v) is 7.59. The molecule has 1 aliphatic carbocycles. The third-order valence-corrected chi connectivity index (χ3v) is 5.12. The van der Waals surface area contributed by atoms with Crippen LogP contribution < -0.4 is 16.0 Å². The van der Waals surface area contributed by atoms with Gasteiger partial charge in [-0.2, -0.15) is 0 Å². The number of benzene rings is 2. The van der Waals surface area contributed by atoms with Crippen LogP contribution in [-0.4, -0.2) is 17.7 Å². The maximum Gasteiger partial charge on any atom is 0.291 e. The summed E-state index contributed by atoms with van der Waals surface area (Å²) in [7, 11) is 0. The Morgan fingerprint density at radius 2 is 1.52 bits per heavy atom. The first kappa shape index (κ1) is 20.4. The van der Waals surface area contributed by atoms with E-state index in [0.29, 0.717) is 11.3 Å². The smallest absolute Gasteiger partial charge is 0.291 e. The van der Waals surface area contributed by atoms with Gasteiger partial charge in [0.1, 0.15) is 0 Å². The van der Waals surface area contributed by atoms with Crippen molar-refractivity contribution in [1.82, 2.24) is 5.32 Å². The first-order chi connectivity index (χ1) is 15.0. The lowest BCUT2D eigenvalue weighted by Crippen LogP contribution is -2.26. The molecule has 1 aliphatic rings. The molecular weight excluding hydrogens is 394 g/mol. The molecule has 31 heavy (non-hydrogen) atoms. The fourth-order valence-corrected chi connectivity index (χ4v) is 3.11. The molecule has 0 bridgehead atoms. The largest absolute Gasteiger partial charge is 0.459 e. The fraction of sp³-hybridized carbons (Fsp3) is 0.208. The summed E-state index contributed by atoms with van der Waals surface area (Å²) in [6, 6.07) is 17.1. The molecule has 3 N–H and O–H groups in total. The van der Waals surface area contributed by atoms with E-state index in [1.807, 2.05) is 31.2 Å². The van der Waals surface area contributed by atoms with Crippen LogP contribution in [0.4, 0.5) is 11.4 Å². The van der Waals surface area contributed by atoms with Crippen LogP contribution in [0.3, 0.4) is 0 Å². The van der Waals surface area contributed by atoms with Crippen molar-refractivity contribution in [3.8, 4) is 0 Å². The summed E-state index contributed by atoms with van der Waals surface area (Å²) in [4.78, 5) is 36.4. The highest BCUT2D eigenvalue weighted by Crippen LogP contribution is 2.30. The number of carbonyl (C=O) groups is 3. The highest BCUT2D eigenvalue weighted by Gasteiger charge is 2.29. The molecule has 1 heterocycles. The number of amides is 3. The first-order valence-electron chi connectivity index (χ1n) is 10.2. The molecule has 0 radical (unpaired) electrons. The molecule has 2 aromatic carbocycles. The summed E-state index contributed by atoms with van der Waals surface area (Å²) < 4.78 is 5.06. The molecule has 1 aromatic heterocycles. The number of rotatable bonds is 7. The molecule has 0 spiro atoms. The number of furan rings is 1. The third kappa shape index (κ3) is 5.19. The van der Waals surface area contributed by atoms with Crippen molar-refractivity contribution in [3.05, 3.63) is 83.8 Å². The van der Waals surface area contributed by atoms with E-state index in [9.17, 15) is 14.4 Å². The van der Waals surface area contributed by atoms with Gasteiger partial charge in [-0.05, 0) is 73.9 Å². The molecule has 0 aliphatic heterocycles. The van der Waals surface area contributed by atoms with Gasteiger partial charge in [0, 0.05) is 22.9 Å². The molecule has 7 nitrogen and oxygen atoms in total. The van der Waals surface area contributed by atoms with E-state index in [-0.39, 0.29) is 35.4 Å². The Morgan fingerprint density at radius 3 is 2.13 bits per heavy atom. The zero-order chi connectivity index (χ0) is 21.8. The zero-order valence-corrected chi connectivity index (χ0v) is 17.1. The van der Waals surface area contributed by atoms with Crippen molar-refractivity contribution >= 4 is 29.1 Å². The van der Waals surface area contributed by atoms with Crippen LogP contribution in [-0.2, 0) is 4.79 Å². The van der Waals surface area contributed by atoms with E-state index in [0.717, 1.165) is 24.1 Å². The van der Waals surface area contributed by atoms with Gasteiger partial charge in [0.15, 0.2) is 5.76 Å². The minimum absolute atomic E-state index is 0.0675. The third-order valence-electron chi connectivity index (χ3n) is 5.12. The summed E-state index contributed by atoms with van der Waals surface area (Å²) in [6.07, 6.45) is 3.36. The molecule has 1 saturated carbocycles. The SMILES string of the molecule is CC(NC(=O)c1ccc(NC(=O)c2ccco2)cc1)c1ccc(NC(=O)C2CC2)cc1. The second-order valence-electron chi connectivity index (χ2n) is 7.59. The van der Waals surface area contributed by atoms with E-state index in [2.05, 4.69) is 16.0 Å². The van der Waals surface area contributed by atoms with Gasteiger partial charge in [-0.1, -0.05) is 12.1 Å². The van der Waals surface area contributed by atoms with Crippen molar-refractivity contribution in [2.75, 3.05) is 10.6 Å². The maximum absolute atomic E-state index is 12.6. The molecule has 1 unspecified atom stereocenters. The number of hydrogen-bond donors (Lipinski definition) is 3. The van der Waals surface area contributed by atoms with Gasteiger partial charge in [-0.25, -0.2) is 0 Å². The van der Waals surface area contributed by atoms with Gasteiger partial charge in [0.25, 0.3) is 11.8 Å². The summed E-state index contributed by atoms with van der Waals surface area (Å²) >= 11 is 0. The Labute approximate surface area is 179 Å². The Hall–Kier alpha value is -3.87. The van der Waals surface area contributed by atoms with Gasteiger partial charge < -0.3 is 20.4 Å². The van der Waals surface area contributed by atoms with Crippen LogP contribution in [0.15, 0.2) is 71.3 Å². The van der Waals surface area contributed by atoms with Gasteiger partial charge in [-0.15, -0.1) is 0 Å². The Morgan fingerprint density at radius 1 is 0.871 bits per heavy atom. The normalized spacial score (nSPS) is 13.8. The lowest BCUT2D eigenvalue weighted by Gasteiger charge is -2.15. The first-order valence-corrected chi connectivity index (χ1v) is 10.2. The van der Waals surface area contributed by atoms with Crippen LogP contribution in [0, 0.1) is 5.92 Å². The lowest BCUT2D eigenvalue weighted by atomic mass is 10.1. The predicted molar refractivity (Wildman–Crippen MR) is 117 cm³/mol. The summed E-state index contributed by atoms with van der Waals surface area (Å²) in [6.45, 7) is 1.90. The van der Waals surface area contributed by atoms with E-state index in [4.69, 9.17) is 4.42 Å². The predicted octanol–water partition coefficient (Wildman–Crippen LogP) is 4.37. The standard InChI is InChI=1S/C24H23N3O4/c1-15(16-6-10-19(11-7-16)26-23(29)17-4-5-17)25-22(28)18-8-12-20(13-9-18)27-24(30)21-3-2-14-31-21/h2-3,6-15,17H,4-5H2,1H3,(H,25,28)(H,26,29)(H,27,30). The van der Waals surface area contributed by atoms with Crippen LogP contribution in [0.5, 0.6) is 0 Å². The quantitative estimate of drug-likeness (QED) is 0.531. The summed E-state index contributed by atoms with van der Waals surface area (Å²) in [5.74, 6) is -0.135. The van der Waals surface area contributed by atoms with Crippen LogP contribution in [0.25, 0.3) is 0 Å². The summed E-state index contributed by atoms with van der Waals surface area (Å²) in [5.41, 5.74) is 2.73. The second kappa shape index (κ2) is 8.87. The van der Waals surface area contributed by atoms with Gasteiger partial charge in [-0.3, -0.25) is 14.4 Å². The van der Waals surface area contributed by atoms with Gasteiger partial charge in [0.2, 0.25) is 5.91 Å². The molecule has 4 rings (SSSR count). The number of anilines is 2. The topological polar surface area (TPSA) is 100 Å². The maximum atomic E-state index is 12.6. The van der Waals surface area contributed by atoms with Gasteiger partial charge >= 0.3 is 0 Å². The molecule has 7 heteroatoms. The summed E-state index contributed by atoms with van der Waals surface area (Å²) in [5, 5.41) is 8.57. The molecule has 3 aromatic rings. The molecule has 1 atom stereocenters. The monoisotopic (exact) mass is 417 g/mol. The van der Waals surface area contributed by atoms with Crippen molar-refractivity contribution in [2.45, 2.75) is 25.8 Å². The van der Waals surface area contributed by atoms with E-state index in [1.54, 1.807) is 36.4 Å². The van der Waals surface area contributed by atoms with Crippen molar-refractivity contribution in [3.63, 3.8) is 0 Å². The highest BCUT2D eigenvalue weighted by atomic mass is 16.3. The average molecular weight is 417 g/mol. The van der Waals surface area contributed by atoms with Crippen LogP contribution >= 0.6 is 0 Å². The van der Waals surface area contributed by atoms with E-state index < -0.39 is 0 Å². The van der Waals surface area contributed by atoms with E-state index in [1.165, 1.54) is 6.26 Å². The molecule has 3 amide bonds. The van der Waals surface area contributed by atoms with Crippen LogP contribution in [0.1, 0.15) is 52.3 Å². The number of nitrogens with one attached hydrogen (secondary N) is 3. The van der Waals surface area contributed by atoms with E-state index >= 15 is 0 Å². The van der Waals surface area contributed by atoms with Crippen molar-refractivity contribution in [1.29, 1.82) is 0 Å². The minimum atomic E-state index is -0.354. The van der Waals surface area contributed by atoms with Crippen molar-refractivity contribution in [2.24, 2.45) is 5.92 Å². The zero-order valence-electron chi connectivity index (χ0n) is 17.1. The highest BCUT2D eigenvalue weighted by molar-refractivity contribution is 6.02. The van der Waals surface area contributed by atoms with Crippen molar-refractivity contribution < 1.29 is 18.8 Å². The minimum Gasteiger partial charge on any atom is -0.459 e. The number of carbonyl (C=O) groups excluding carboxylic acids is 3. The lowest BCUT2D eigenvalue weighted by molar-refractivity contribution is -0.117. The Kier molecular flexibility index (Phi) is 5.84. The molecule has 158 valence electrons. The van der Waals surface area contributed by atoms with Gasteiger partial charge in [0.05, 0.1) is 12.3 Å². The fourth-order valence-electron chi connectivity index (χ4n) is 3.11. The Bertz CT molecular complexity index is 1070.